The number of hydrogen-bond donors (Lipinski definition) is 1. The van der Waals surface area contributed by atoms with Crippen LogP contribution in [0.5, 0.6) is 11.5 Å². The summed E-state index contributed by atoms with van der Waals surface area (Å²) in [4.78, 5) is 45.3. The average molecular weight is 561 g/mol. The molecule has 0 bridgehead atoms. The van der Waals surface area contributed by atoms with E-state index in [1.54, 1.807) is 17.9 Å². The SMILES string of the molecule is C=CCN1C(=O)N[C@H](c2cccc(Oc3ccccc3)c2)C(C(=O)OCC)=C1CN1CCCN(C(=O)C(C)C)CC1. The van der Waals surface area contributed by atoms with Gasteiger partial charge in [-0.25, -0.2) is 9.59 Å². The van der Waals surface area contributed by atoms with Crippen molar-refractivity contribution in [3.8, 4) is 11.5 Å². The Morgan fingerprint density at radius 2 is 1.80 bits per heavy atom. The number of hydrogen-bond acceptors (Lipinski definition) is 6. The lowest BCUT2D eigenvalue weighted by Gasteiger charge is -2.38. The molecule has 9 heteroatoms. The summed E-state index contributed by atoms with van der Waals surface area (Å²) in [6.07, 6.45) is 2.44. The summed E-state index contributed by atoms with van der Waals surface area (Å²) in [6.45, 7) is 12.9. The van der Waals surface area contributed by atoms with Crippen LogP contribution in [0.3, 0.4) is 0 Å². The molecule has 0 unspecified atom stereocenters. The van der Waals surface area contributed by atoms with Crippen molar-refractivity contribution in [2.45, 2.75) is 33.2 Å². The summed E-state index contributed by atoms with van der Waals surface area (Å²) >= 11 is 0. The van der Waals surface area contributed by atoms with Gasteiger partial charge in [-0.2, -0.15) is 0 Å². The molecular weight excluding hydrogens is 520 g/mol. The normalized spacial score (nSPS) is 18.1. The molecule has 41 heavy (non-hydrogen) atoms. The molecule has 0 radical (unpaired) electrons. The molecule has 2 aliphatic heterocycles. The Kier molecular flexibility index (Phi) is 10.2. The minimum absolute atomic E-state index is 0.0628. The number of benzene rings is 2. The Morgan fingerprint density at radius 1 is 1.05 bits per heavy atom. The molecule has 2 heterocycles. The molecule has 2 aliphatic rings. The second kappa shape index (κ2) is 14.0. The van der Waals surface area contributed by atoms with E-state index in [2.05, 4.69) is 16.8 Å². The van der Waals surface area contributed by atoms with E-state index in [0.29, 0.717) is 54.5 Å². The number of nitrogens with one attached hydrogen (secondary N) is 1. The van der Waals surface area contributed by atoms with Gasteiger partial charge in [0.25, 0.3) is 0 Å². The summed E-state index contributed by atoms with van der Waals surface area (Å²) in [5.41, 5.74) is 1.66. The molecule has 0 aliphatic carbocycles. The van der Waals surface area contributed by atoms with Crippen molar-refractivity contribution in [3.05, 3.63) is 84.1 Å². The third-order valence-corrected chi connectivity index (χ3v) is 7.18. The first kappa shape index (κ1) is 29.9. The van der Waals surface area contributed by atoms with Gasteiger partial charge in [-0.3, -0.25) is 14.6 Å². The molecule has 2 aromatic carbocycles. The van der Waals surface area contributed by atoms with Gasteiger partial charge in [0.1, 0.15) is 11.5 Å². The van der Waals surface area contributed by atoms with Crippen LogP contribution in [-0.4, -0.2) is 78.5 Å². The number of amides is 3. The molecule has 0 spiro atoms. The van der Waals surface area contributed by atoms with E-state index < -0.39 is 12.0 Å². The van der Waals surface area contributed by atoms with Crippen molar-refractivity contribution in [2.75, 3.05) is 45.9 Å². The van der Waals surface area contributed by atoms with Crippen LogP contribution >= 0.6 is 0 Å². The van der Waals surface area contributed by atoms with E-state index in [0.717, 1.165) is 13.0 Å². The van der Waals surface area contributed by atoms with Crippen molar-refractivity contribution in [1.82, 2.24) is 20.0 Å². The highest BCUT2D eigenvalue weighted by Crippen LogP contribution is 2.34. The van der Waals surface area contributed by atoms with Crippen LogP contribution in [0.15, 0.2) is 78.5 Å². The van der Waals surface area contributed by atoms with Crippen molar-refractivity contribution >= 4 is 17.9 Å². The van der Waals surface area contributed by atoms with Gasteiger partial charge in [0.2, 0.25) is 5.91 Å². The summed E-state index contributed by atoms with van der Waals surface area (Å²) in [5.74, 6) is 0.863. The third-order valence-electron chi connectivity index (χ3n) is 7.18. The fourth-order valence-corrected chi connectivity index (χ4v) is 5.20. The summed E-state index contributed by atoms with van der Waals surface area (Å²) in [7, 11) is 0. The Morgan fingerprint density at radius 3 is 2.51 bits per heavy atom. The van der Waals surface area contributed by atoms with E-state index in [1.807, 2.05) is 73.3 Å². The molecule has 1 saturated heterocycles. The molecule has 218 valence electrons. The number of carbonyl (C=O) groups is 3. The van der Waals surface area contributed by atoms with Crippen LogP contribution in [0.4, 0.5) is 4.79 Å². The maximum Gasteiger partial charge on any atom is 0.338 e. The van der Waals surface area contributed by atoms with Crippen LogP contribution in [0.2, 0.25) is 0 Å². The molecule has 1 fully saturated rings. The number of esters is 1. The smallest absolute Gasteiger partial charge is 0.338 e. The minimum Gasteiger partial charge on any atom is -0.463 e. The molecular formula is C32H40N4O5. The van der Waals surface area contributed by atoms with Gasteiger partial charge in [-0.05, 0) is 43.2 Å². The lowest BCUT2D eigenvalue weighted by molar-refractivity contribution is -0.139. The second-order valence-electron chi connectivity index (χ2n) is 10.5. The van der Waals surface area contributed by atoms with Gasteiger partial charge in [0.15, 0.2) is 0 Å². The predicted octanol–water partition coefficient (Wildman–Crippen LogP) is 4.74. The Labute approximate surface area is 242 Å². The summed E-state index contributed by atoms with van der Waals surface area (Å²) in [5, 5.41) is 3.02. The van der Waals surface area contributed by atoms with Crippen LogP contribution in [-0.2, 0) is 14.3 Å². The second-order valence-corrected chi connectivity index (χ2v) is 10.5. The first-order valence-corrected chi connectivity index (χ1v) is 14.3. The Balaban J connectivity index is 1.70. The fraction of sp³-hybridized carbons (Fsp3) is 0.406. The van der Waals surface area contributed by atoms with E-state index >= 15 is 0 Å². The van der Waals surface area contributed by atoms with Gasteiger partial charge in [-0.1, -0.05) is 50.3 Å². The third kappa shape index (κ3) is 7.35. The van der Waals surface area contributed by atoms with E-state index in [1.165, 1.54) is 0 Å². The highest BCUT2D eigenvalue weighted by Gasteiger charge is 2.39. The van der Waals surface area contributed by atoms with Gasteiger partial charge in [0.05, 0.1) is 18.2 Å². The number of rotatable bonds is 10. The lowest BCUT2D eigenvalue weighted by atomic mass is 9.94. The maximum absolute atomic E-state index is 13.6. The monoisotopic (exact) mass is 560 g/mol. The fourth-order valence-electron chi connectivity index (χ4n) is 5.20. The minimum atomic E-state index is -0.733. The van der Waals surface area contributed by atoms with Crippen LogP contribution in [0.1, 0.15) is 38.8 Å². The Hall–Kier alpha value is -4.11. The first-order valence-electron chi connectivity index (χ1n) is 14.3. The van der Waals surface area contributed by atoms with Crippen molar-refractivity contribution < 1.29 is 23.9 Å². The number of ether oxygens (including phenoxy) is 2. The zero-order valence-electron chi connectivity index (χ0n) is 24.2. The number of nitrogens with zero attached hydrogens (tertiary/aromatic N) is 3. The highest BCUT2D eigenvalue weighted by molar-refractivity contribution is 5.95. The molecule has 4 rings (SSSR count). The molecule has 9 nitrogen and oxygen atoms in total. The zero-order chi connectivity index (χ0) is 29.4. The van der Waals surface area contributed by atoms with Crippen LogP contribution in [0, 0.1) is 5.92 Å². The quantitative estimate of drug-likeness (QED) is 0.334. The molecule has 1 atom stereocenters. The largest absolute Gasteiger partial charge is 0.463 e. The van der Waals surface area contributed by atoms with Gasteiger partial charge >= 0.3 is 12.0 Å². The molecule has 3 amide bonds. The topological polar surface area (TPSA) is 91.4 Å². The summed E-state index contributed by atoms with van der Waals surface area (Å²) < 4.78 is 11.6. The Bertz CT molecular complexity index is 1280. The highest BCUT2D eigenvalue weighted by atomic mass is 16.5. The van der Waals surface area contributed by atoms with Gasteiger partial charge < -0.3 is 19.7 Å². The van der Waals surface area contributed by atoms with E-state index in [9.17, 15) is 14.4 Å². The van der Waals surface area contributed by atoms with Crippen molar-refractivity contribution in [3.63, 3.8) is 0 Å². The first-order chi connectivity index (χ1) is 19.8. The lowest BCUT2D eigenvalue weighted by Crippen LogP contribution is -2.51. The van der Waals surface area contributed by atoms with Gasteiger partial charge in [0, 0.05) is 50.9 Å². The van der Waals surface area contributed by atoms with Crippen LogP contribution < -0.4 is 10.1 Å². The van der Waals surface area contributed by atoms with Gasteiger partial charge in [-0.15, -0.1) is 6.58 Å². The van der Waals surface area contributed by atoms with E-state index in [4.69, 9.17) is 9.47 Å². The molecule has 2 aromatic rings. The van der Waals surface area contributed by atoms with Crippen molar-refractivity contribution in [1.29, 1.82) is 0 Å². The van der Waals surface area contributed by atoms with E-state index in [-0.39, 0.29) is 31.0 Å². The summed E-state index contributed by atoms with van der Waals surface area (Å²) in [6, 6.07) is 15.7. The molecule has 1 N–H and O–H groups in total. The molecule has 0 saturated carbocycles. The predicted molar refractivity (Wildman–Crippen MR) is 157 cm³/mol. The average Bonchev–Trinajstić information content (AvgIpc) is 3.20. The maximum atomic E-state index is 13.6. The number of para-hydroxylation sites is 1. The number of carbonyl (C=O) groups excluding carboxylic acids is 3. The van der Waals surface area contributed by atoms with Crippen molar-refractivity contribution in [2.24, 2.45) is 5.92 Å². The zero-order valence-corrected chi connectivity index (χ0v) is 24.2. The molecule has 0 aromatic heterocycles. The van der Waals surface area contributed by atoms with Crippen LogP contribution in [0.25, 0.3) is 0 Å². The standard InChI is InChI=1S/C32H40N4O5/c1-5-16-36-27(22-34-17-11-18-35(20-19-34)30(37)23(3)4)28(31(38)40-6-2)29(33-32(36)39)24-12-10-15-26(21-24)41-25-13-8-7-9-14-25/h5,7-10,12-15,21,23,29H,1,6,11,16-20,22H2,2-4H3,(H,33,39)/t29-/m1/s1. The number of urea groups is 1.